The molecular weight excluding hydrogens is 591 g/mol. The Labute approximate surface area is 255 Å². The number of aromatic carboxylic acids is 1. The molecule has 2 atom stereocenters. The van der Waals surface area contributed by atoms with Crippen molar-refractivity contribution in [1.29, 1.82) is 0 Å². The van der Waals surface area contributed by atoms with Crippen molar-refractivity contribution in [2.45, 2.75) is 68.8 Å². The van der Waals surface area contributed by atoms with E-state index in [0.29, 0.717) is 16.5 Å². The Hall–Kier alpha value is -3.35. The molecule has 1 aromatic carbocycles. The second-order valence-electron chi connectivity index (χ2n) is 11.7. The summed E-state index contributed by atoms with van der Waals surface area (Å²) in [7, 11) is -4.04. The predicted octanol–water partition coefficient (Wildman–Crippen LogP) is 5.62. The maximum absolute atomic E-state index is 13.9. The lowest BCUT2D eigenvalue weighted by Gasteiger charge is -2.44. The van der Waals surface area contributed by atoms with E-state index < -0.39 is 40.3 Å². The fourth-order valence-corrected chi connectivity index (χ4v) is 9.08. The molecule has 2 aromatic heterocycles. The molecule has 228 valence electrons. The average Bonchev–Trinajstić information content (AvgIpc) is 3.64. The molecule has 0 spiro atoms. The number of halogens is 1. The van der Waals surface area contributed by atoms with Crippen LogP contribution < -0.4 is 9.80 Å². The van der Waals surface area contributed by atoms with Crippen molar-refractivity contribution < 1.29 is 27.5 Å². The zero-order valence-corrected chi connectivity index (χ0v) is 25.6. The van der Waals surface area contributed by atoms with Gasteiger partial charge in [0, 0.05) is 30.2 Å². The van der Waals surface area contributed by atoms with Crippen LogP contribution in [0.1, 0.15) is 61.5 Å². The molecule has 1 amide bonds. The number of pyridine rings is 1. The van der Waals surface area contributed by atoms with Crippen molar-refractivity contribution in [2.24, 2.45) is 5.92 Å². The Kier molecular flexibility index (Phi) is 8.27. The summed E-state index contributed by atoms with van der Waals surface area (Å²) >= 11 is 1.03. The van der Waals surface area contributed by atoms with Crippen molar-refractivity contribution in [3.8, 4) is 10.4 Å². The first-order valence-corrected chi connectivity index (χ1v) is 17.1. The van der Waals surface area contributed by atoms with E-state index in [9.17, 15) is 27.5 Å². The molecule has 43 heavy (non-hydrogen) atoms. The Morgan fingerprint density at radius 2 is 1.79 bits per heavy atom. The number of nitrogens with zero attached hydrogens (tertiary/aromatic N) is 4. The van der Waals surface area contributed by atoms with Gasteiger partial charge >= 0.3 is 5.97 Å². The summed E-state index contributed by atoms with van der Waals surface area (Å²) < 4.78 is 42.5. The Bertz CT molecular complexity index is 1600. The number of carbonyl (C=O) groups is 2. The number of anilines is 2. The normalized spacial score (nSPS) is 22.3. The summed E-state index contributed by atoms with van der Waals surface area (Å²) in [5, 5.41) is 10.1. The van der Waals surface area contributed by atoms with Gasteiger partial charge in [0.05, 0.1) is 18.3 Å². The van der Waals surface area contributed by atoms with Crippen molar-refractivity contribution in [1.82, 2.24) is 9.29 Å². The highest BCUT2D eigenvalue weighted by atomic mass is 32.2. The average molecular weight is 627 g/mol. The third kappa shape index (κ3) is 5.80. The molecule has 1 N–H and O–H groups in total. The predicted molar refractivity (Wildman–Crippen MR) is 164 cm³/mol. The van der Waals surface area contributed by atoms with E-state index in [1.807, 2.05) is 0 Å². The van der Waals surface area contributed by atoms with Gasteiger partial charge in [0.25, 0.3) is 0 Å². The highest BCUT2D eigenvalue weighted by Crippen LogP contribution is 2.42. The summed E-state index contributed by atoms with van der Waals surface area (Å²) in [4.78, 5) is 35.1. The Balaban J connectivity index is 1.33. The van der Waals surface area contributed by atoms with E-state index in [1.54, 1.807) is 30.3 Å². The molecule has 2 aliphatic heterocycles. The topological polar surface area (TPSA) is 111 Å². The van der Waals surface area contributed by atoms with Crippen molar-refractivity contribution in [2.75, 3.05) is 29.4 Å². The summed E-state index contributed by atoms with van der Waals surface area (Å²) in [6, 6.07) is 10.5. The molecule has 2 saturated heterocycles. The number of amides is 1. The van der Waals surface area contributed by atoms with Crippen molar-refractivity contribution in [3.63, 3.8) is 0 Å². The van der Waals surface area contributed by atoms with Gasteiger partial charge in [-0.1, -0.05) is 31.4 Å². The van der Waals surface area contributed by atoms with Crippen LogP contribution in [0.4, 0.5) is 15.9 Å². The number of carboxylic acid groups (broad SMARTS) is 1. The fourth-order valence-electron chi connectivity index (χ4n) is 6.73. The fraction of sp³-hybridized carbons (Fsp3) is 0.452. The number of hydrogen-bond donors (Lipinski definition) is 1. The van der Waals surface area contributed by atoms with Gasteiger partial charge in [0.2, 0.25) is 15.9 Å². The molecular formula is C31H35FN4O5S2. The third-order valence-electron chi connectivity index (χ3n) is 9.00. The molecule has 1 saturated carbocycles. The van der Waals surface area contributed by atoms with E-state index in [0.717, 1.165) is 68.6 Å². The van der Waals surface area contributed by atoms with Gasteiger partial charge in [-0.15, -0.1) is 11.3 Å². The van der Waals surface area contributed by atoms with Gasteiger partial charge in [-0.2, -0.15) is 4.31 Å². The SMILES string of the molecule is C[C@@H]1CCCN1c1ccc(S(=O)(=O)N2CC(=O)N(c3cc(-c4ccc(F)cc4)sc3C(=O)O)[C@H](C3CCCCC3)C2)cn1. The zero-order valence-electron chi connectivity index (χ0n) is 24.0. The molecule has 3 fully saturated rings. The summed E-state index contributed by atoms with van der Waals surface area (Å²) in [5.74, 6) is -1.28. The van der Waals surface area contributed by atoms with Gasteiger partial charge in [-0.05, 0) is 74.4 Å². The molecule has 1 aliphatic carbocycles. The van der Waals surface area contributed by atoms with Gasteiger partial charge in [0.15, 0.2) is 0 Å². The quantitative estimate of drug-likeness (QED) is 0.362. The van der Waals surface area contributed by atoms with E-state index in [2.05, 4.69) is 16.8 Å². The molecule has 4 heterocycles. The minimum Gasteiger partial charge on any atom is -0.477 e. The van der Waals surface area contributed by atoms with Gasteiger partial charge in [-0.25, -0.2) is 22.6 Å². The van der Waals surface area contributed by atoms with Crippen LogP contribution in [0.5, 0.6) is 0 Å². The molecule has 12 heteroatoms. The summed E-state index contributed by atoms with van der Waals surface area (Å²) in [6.07, 6.45) is 8.15. The van der Waals surface area contributed by atoms with Crippen LogP contribution in [0.25, 0.3) is 10.4 Å². The number of sulfonamides is 1. The first kappa shape index (κ1) is 29.7. The molecule has 0 bridgehead atoms. The number of benzene rings is 1. The smallest absolute Gasteiger partial charge is 0.348 e. The zero-order chi connectivity index (χ0) is 30.3. The largest absolute Gasteiger partial charge is 0.477 e. The molecule has 3 aliphatic rings. The summed E-state index contributed by atoms with van der Waals surface area (Å²) in [5.41, 5.74) is 0.905. The summed E-state index contributed by atoms with van der Waals surface area (Å²) in [6.45, 7) is 2.66. The van der Waals surface area contributed by atoms with Gasteiger partial charge in [-0.3, -0.25) is 4.79 Å². The maximum atomic E-state index is 13.9. The van der Waals surface area contributed by atoms with Crippen LogP contribution in [0.2, 0.25) is 0 Å². The maximum Gasteiger partial charge on any atom is 0.348 e. The van der Waals surface area contributed by atoms with Crippen molar-refractivity contribution >= 4 is 44.7 Å². The van der Waals surface area contributed by atoms with Crippen LogP contribution in [0, 0.1) is 11.7 Å². The van der Waals surface area contributed by atoms with Crippen LogP contribution in [0.3, 0.4) is 0 Å². The number of carboxylic acids is 1. The van der Waals surface area contributed by atoms with Crippen LogP contribution in [-0.2, 0) is 14.8 Å². The number of aromatic nitrogens is 1. The number of hydrogen-bond acceptors (Lipinski definition) is 7. The molecule has 0 radical (unpaired) electrons. The minimum atomic E-state index is -4.04. The molecule has 0 unspecified atom stereocenters. The van der Waals surface area contributed by atoms with E-state index in [4.69, 9.17) is 0 Å². The number of thiophene rings is 1. The second kappa shape index (κ2) is 12.0. The number of piperazine rings is 1. The van der Waals surface area contributed by atoms with Crippen LogP contribution >= 0.6 is 11.3 Å². The lowest BCUT2D eigenvalue weighted by molar-refractivity contribution is -0.121. The minimum absolute atomic E-state index is 0.000668. The number of carbonyl (C=O) groups excluding carboxylic acids is 1. The standard InChI is InChI=1S/C31H35FN4O5S2/c1-20-6-5-15-35(20)28-14-13-24(17-33-28)43(40,41)34-18-26(21-7-3-2-4-8-21)36(29(37)19-34)25-16-27(42-30(25)31(38)39)22-9-11-23(32)12-10-22/h9-14,16-17,20-21,26H,2-8,15,18-19H2,1H3,(H,38,39)/t20-,26+/m1/s1. The lowest BCUT2D eigenvalue weighted by atomic mass is 9.82. The first-order chi connectivity index (χ1) is 20.6. The van der Waals surface area contributed by atoms with Crippen LogP contribution in [0.15, 0.2) is 53.6 Å². The third-order valence-corrected chi connectivity index (χ3v) is 12.0. The van der Waals surface area contributed by atoms with E-state index in [-0.39, 0.29) is 27.9 Å². The molecule has 3 aromatic rings. The first-order valence-electron chi connectivity index (χ1n) is 14.8. The van der Waals surface area contributed by atoms with Crippen molar-refractivity contribution in [3.05, 3.63) is 59.4 Å². The molecule has 6 rings (SSSR count). The monoisotopic (exact) mass is 626 g/mol. The van der Waals surface area contributed by atoms with E-state index in [1.165, 1.54) is 27.5 Å². The van der Waals surface area contributed by atoms with Crippen LogP contribution in [-0.4, -0.2) is 66.4 Å². The van der Waals surface area contributed by atoms with Gasteiger partial charge < -0.3 is 14.9 Å². The highest BCUT2D eigenvalue weighted by molar-refractivity contribution is 7.89. The second-order valence-corrected chi connectivity index (χ2v) is 14.7. The Morgan fingerprint density at radius 1 is 1.05 bits per heavy atom. The van der Waals surface area contributed by atoms with E-state index >= 15 is 0 Å². The Morgan fingerprint density at radius 3 is 2.42 bits per heavy atom. The lowest BCUT2D eigenvalue weighted by Crippen LogP contribution is -2.60. The van der Waals surface area contributed by atoms with Gasteiger partial charge in [0.1, 0.15) is 21.4 Å². The highest BCUT2D eigenvalue weighted by Gasteiger charge is 2.44. The molecule has 9 nitrogen and oxygen atoms in total. The number of rotatable bonds is 7.